The molecule has 0 N–H and O–H groups in total. The van der Waals surface area contributed by atoms with Crippen molar-refractivity contribution in [1.29, 1.82) is 0 Å². The summed E-state index contributed by atoms with van der Waals surface area (Å²) in [4.78, 5) is 37.0. The van der Waals surface area contributed by atoms with E-state index in [1.807, 2.05) is 0 Å². The summed E-state index contributed by atoms with van der Waals surface area (Å²) in [5.41, 5.74) is 1.06. The van der Waals surface area contributed by atoms with Gasteiger partial charge >= 0.3 is 0 Å². The molecule has 0 unspecified atom stereocenters. The summed E-state index contributed by atoms with van der Waals surface area (Å²) in [6, 6.07) is 6.82. The molecule has 1 fully saturated rings. The number of imide groups is 1. The molecule has 0 aromatic heterocycles. The molecule has 0 saturated heterocycles. The molecule has 0 atom stereocenters. The SMILES string of the molecule is O=C(c1cccc(N2C(=O)C=CC2=O)c1)C1CCCCC1. The molecule has 1 saturated carbocycles. The summed E-state index contributed by atoms with van der Waals surface area (Å²) in [7, 11) is 0. The zero-order valence-electron chi connectivity index (χ0n) is 11.7. The molecule has 1 aliphatic carbocycles. The van der Waals surface area contributed by atoms with Crippen LogP contribution in [0.25, 0.3) is 0 Å². The van der Waals surface area contributed by atoms with Crippen LogP contribution in [0.1, 0.15) is 42.5 Å². The molecule has 4 heteroatoms. The van der Waals surface area contributed by atoms with Crippen LogP contribution in [0.4, 0.5) is 5.69 Å². The molecule has 2 amide bonds. The molecule has 2 aliphatic rings. The number of hydrogen-bond acceptors (Lipinski definition) is 3. The largest absolute Gasteiger partial charge is 0.294 e. The molecule has 1 heterocycles. The second kappa shape index (κ2) is 5.64. The van der Waals surface area contributed by atoms with Crippen LogP contribution in [-0.2, 0) is 9.59 Å². The summed E-state index contributed by atoms with van der Waals surface area (Å²) in [5.74, 6) is -0.509. The normalized spacial score (nSPS) is 19.3. The molecule has 4 nitrogen and oxygen atoms in total. The van der Waals surface area contributed by atoms with E-state index < -0.39 is 0 Å². The van der Waals surface area contributed by atoms with Gasteiger partial charge in [0.2, 0.25) is 0 Å². The number of ketones is 1. The maximum atomic E-state index is 12.5. The number of rotatable bonds is 3. The summed E-state index contributed by atoms with van der Waals surface area (Å²) >= 11 is 0. The number of amides is 2. The van der Waals surface area contributed by atoms with E-state index in [0.29, 0.717) is 11.3 Å². The number of anilines is 1. The van der Waals surface area contributed by atoms with E-state index >= 15 is 0 Å². The number of benzene rings is 1. The van der Waals surface area contributed by atoms with Gasteiger partial charge in [-0.1, -0.05) is 31.4 Å². The van der Waals surface area contributed by atoms with E-state index in [4.69, 9.17) is 0 Å². The van der Waals surface area contributed by atoms with Gasteiger partial charge in [0, 0.05) is 23.6 Å². The second-order valence-corrected chi connectivity index (χ2v) is 5.59. The molecular weight excluding hydrogens is 266 g/mol. The minimum Gasteiger partial charge on any atom is -0.294 e. The Morgan fingerprint density at radius 1 is 1.00 bits per heavy atom. The van der Waals surface area contributed by atoms with Crippen molar-refractivity contribution in [3.05, 3.63) is 42.0 Å². The smallest absolute Gasteiger partial charge is 0.258 e. The lowest BCUT2D eigenvalue weighted by molar-refractivity contribution is -0.119. The van der Waals surface area contributed by atoms with Gasteiger partial charge in [-0.05, 0) is 25.0 Å². The van der Waals surface area contributed by atoms with Gasteiger partial charge in [0.25, 0.3) is 11.8 Å². The predicted octanol–water partition coefficient (Wildman–Crippen LogP) is 2.88. The molecule has 3 rings (SSSR count). The fourth-order valence-electron chi connectivity index (χ4n) is 3.05. The van der Waals surface area contributed by atoms with Crippen molar-refractivity contribution >= 4 is 23.3 Å². The number of Topliss-reactive ketones (excluding diaryl/α,β-unsaturated/α-hetero) is 1. The number of hydrogen-bond donors (Lipinski definition) is 0. The molecule has 0 bridgehead atoms. The third kappa shape index (κ3) is 2.66. The summed E-state index contributed by atoms with van der Waals surface area (Å²) < 4.78 is 0. The Labute approximate surface area is 123 Å². The fraction of sp³-hybridized carbons (Fsp3) is 0.353. The Hall–Kier alpha value is -2.23. The molecule has 0 spiro atoms. The number of carbonyl (C=O) groups excluding carboxylic acids is 3. The Morgan fingerprint density at radius 3 is 2.33 bits per heavy atom. The molecule has 1 aromatic rings. The Kier molecular flexibility index (Phi) is 3.69. The Balaban J connectivity index is 1.84. The Morgan fingerprint density at radius 2 is 1.67 bits per heavy atom. The maximum absolute atomic E-state index is 12.5. The van der Waals surface area contributed by atoms with Gasteiger partial charge in [0.05, 0.1) is 5.69 Å². The molecule has 21 heavy (non-hydrogen) atoms. The molecule has 1 aliphatic heterocycles. The summed E-state index contributed by atoms with van der Waals surface area (Å²) in [6.07, 6.45) is 7.77. The van der Waals surface area contributed by atoms with Crippen molar-refractivity contribution in [3.8, 4) is 0 Å². The first kappa shape index (κ1) is 13.7. The van der Waals surface area contributed by atoms with E-state index in [9.17, 15) is 14.4 Å². The van der Waals surface area contributed by atoms with Crippen molar-refractivity contribution in [2.24, 2.45) is 5.92 Å². The van der Waals surface area contributed by atoms with Gasteiger partial charge in [-0.2, -0.15) is 0 Å². The molecule has 108 valence electrons. The van der Waals surface area contributed by atoms with Crippen molar-refractivity contribution in [3.63, 3.8) is 0 Å². The van der Waals surface area contributed by atoms with Crippen LogP contribution in [0.15, 0.2) is 36.4 Å². The first-order valence-corrected chi connectivity index (χ1v) is 7.37. The van der Waals surface area contributed by atoms with Crippen molar-refractivity contribution in [2.75, 3.05) is 4.90 Å². The Bertz CT molecular complexity index is 609. The van der Waals surface area contributed by atoms with Crippen LogP contribution in [-0.4, -0.2) is 17.6 Å². The zero-order valence-corrected chi connectivity index (χ0v) is 11.7. The second-order valence-electron chi connectivity index (χ2n) is 5.59. The van der Waals surface area contributed by atoms with Gasteiger partial charge in [-0.15, -0.1) is 0 Å². The molecule has 0 radical (unpaired) electrons. The summed E-state index contributed by atoms with van der Waals surface area (Å²) in [6.45, 7) is 0. The van der Waals surface area contributed by atoms with E-state index in [1.54, 1.807) is 24.3 Å². The topological polar surface area (TPSA) is 54.5 Å². The zero-order chi connectivity index (χ0) is 14.8. The number of nitrogens with zero attached hydrogens (tertiary/aromatic N) is 1. The van der Waals surface area contributed by atoms with E-state index in [2.05, 4.69) is 0 Å². The van der Waals surface area contributed by atoms with Crippen LogP contribution in [0.2, 0.25) is 0 Å². The van der Waals surface area contributed by atoms with Gasteiger partial charge < -0.3 is 0 Å². The standard InChI is InChI=1S/C17H17NO3/c19-15-9-10-16(20)18(15)14-8-4-7-13(11-14)17(21)12-5-2-1-3-6-12/h4,7-12H,1-3,5-6H2. The van der Waals surface area contributed by atoms with E-state index in [-0.39, 0.29) is 23.5 Å². The average molecular weight is 283 g/mol. The summed E-state index contributed by atoms with van der Waals surface area (Å²) in [5, 5.41) is 0. The highest BCUT2D eigenvalue weighted by Gasteiger charge is 2.27. The lowest BCUT2D eigenvalue weighted by Gasteiger charge is -2.21. The third-order valence-electron chi connectivity index (χ3n) is 4.17. The van der Waals surface area contributed by atoms with Crippen molar-refractivity contribution < 1.29 is 14.4 Å². The van der Waals surface area contributed by atoms with Crippen LogP contribution in [0.3, 0.4) is 0 Å². The van der Waals surface area contributed by atoms with Gasteiger partial charge in [0.1, 0.15) is 0 Å². The highest BCUT2D eigenvalue weighted by atomic mass is 16.2. The quantitative estimate of drug-likeness (QED) is 0.633. The monoisotopic (exact) mass is 283 g/mol. The van der Waals surface area contributed by atoms with Gasteiger partial charge in [-0.25, -0.2) is 4.90 Å². The lowest BCUT2D eigenvalue weighted by Crippen LogP contribution is -2.29. The molecular formula is C17H17NO3. The fourth-order valence-corrected chi connectivity index (χ4v) is 3.05. The number of carbonyl (C=O) groups is 3. The van der Waals surface area contributed by atoms with Crippen LogP contribution < -0.4 is 4.90 Å². The third-order valence-corrected chi connectivity index (χ3v) is 4.17. The highest BCUT2D eigenvalue weighted by molar-refractivity contribution is 6.28. The van der Waals surface area contributed by atoms with Crippen molar-refractivity contribution in [1.82, 2.24) is 0 Å². The first-order valence-electron chi connectivity index (χ1n) is 7.37. The predicted molar refractivity (Wildman–Crippen MR) is 79.0 cm³/mol. The van der Waals surface area contributed by atoms with Crippen LogP contribution in [0, 0.1) is 5.92 Å². The molecule has 1 aromatic carbocycles. The first-order chi connectivity index (χ1) is 10.2. The van der Waals surface area contributed by atoms with Crippen LogP contribution >= 0.6 is 0 Å². The minimum atomic E-state index is -0.359. The minimum absolute atomic E-state index is 0.0807. The lowest BCUT2D eigenvalue weighted by atomic mass is 9.84. The highest BCUT2D eigenvalue weighted by Crippen LogP contribution is 2.28. The van der Waals surface area contributed by atoms with Gasteiger partial charge in [-0.3, -0.25) is 14.4 Å². The van der Waals surface area contributed by atoms with Crippen molar-refractivity contribution in [2.45, 2.75) is 32.1 Å². The average Bonchev–Trinajstić information content (AvgIpc) is 2.86. The maximum Gasteiger partial charge on any atom is 0.258 e. The van der Waals surface area contributed by atoms with Gasteiger partial charge in [0.15, 0.2) is 5.78 Å². The van der Waals surface area contributed by atoms with Crippen LogP contribution in [0.5, 0.6) is 0 Å². The van der Waals surface area contributed by atoms with E-state index in [1.165, 1.54) is 18.6 Å². The van der Waals surface area contributed by atoms with E-state index in [0.717, 1.165) is 30.6 Å².